The molecule has 6 nitrogen and oxygen atoms in total. The first-order valence-corrected chi connectivity index (χ1v) is 8.13. The fourth-order valence-electron chi connectivity index (χ4n) is 2.88. The predicted molar refractivity (Wildman–Crippen MR) is 93.3 cm³/mol. The van der Waals surface area contributed by atoms with Gasteiger partial charge < -0.3 is 14.5 Å². The number of para-hydroxylation sites is 1. The van der Waals surface area contributed by atoms with Gasteiger partial charge in [0, 0.05) is 17.9 Å². The van der Waals surface area contributed by atoms with E-state index < -0.39 is 11.7 Å². The van der Waals surface area contributed by atoms with Crippen molar-refractivity contribution in [2.24, 2.45) is 0 Å². The van der Waals surface area contributed by atoms with Crippen molar-refractivity contribution in [1.29, 1.82) is 0 Å². The van der Waals surface area contributed by atoms with Gasteiger partial charge in [-0.3, -0.25) is 4.79 Å². The van der Waals surface area contributed by atoms with Crippen LogP contribution in [0.1, 0.15) is 12.8 Å². The number of benzene rings is 2. The highest BCUT2D eigenvalue weighted by molar-refractivity contribution is 5.94. The Hall–Kier alpha value is -2.99. The summed E-state index contributed by atoms with van der Waals surface area (Å²) in [6.45, 7) is 0.615. The third-order valence-electron chi connectivity index (χ3n) is 4.13. The molecule has 1 saturated heterocycles. The highest BCUT2D eigenvalue weighted by atomic mass is 16.5. The van der Waals surface area contributed by atoms with Crippen LogP contribution in [0.2, 0.25) is 0 Å². The first kappa shape index (κ1) is 15.5. The van der Waals surface area contributed by atoms with E-state index >= 15 is 0 Å². The second-order valence-electron chi connectivity index (χ2n) is 5.90. The topological polar surface area (TPSA) is 81.4 Å². The minimum absolute atomic E-state index is 0.164. The average Bonchev–Trinajstić information content (AvgIpc) is 3.17. The summed E-state index contributed by atoms with van der Waals surface area (Å²) in [5.74, 6) is 0.0551. The Balaban J connectivity index is 1.65. The highest BCUT2D eigenvalue weighted by Crippen LogP contribution is 2.23. The Morgan fingerprint density at radius 1 is 1.16 bits per heavy atom. The molecular weight excluding hydrogens is 320 g/mol. The number of anilines is 1. The van der Waals surface area contributed by atoms with Gasteiger partial charge in [-0.1, -0.05) is 18.2 Å². The molecule has 25 heavy (non-hydrogen) atoms. The summed E-state index contributed by atoms with van der Waals surface area (Å²) in [7, 11) is 0. The van der Waals surface area contributed by atoms with E-state index in [2.05, 4.69) is 10.3 Å². The van der Waals surface area contributed by atoms with Crippen LogP contribution in [0.3, 0.4) is 0 Å². The first-order chi connectivity index (χ1) is 12.2. The van der Waals surface area contributed by atoms with Crippen molar-refractivity contribution in [2.45, 2.75) is 18.9 Å². The molecule has 0 spiro atoms. The normalized spacial score (nSPS) is 16.9. The van der Waals surface area contributed by atoms with Gasteiger partial charge in [-0.2, -0.15) is 0 Å². The van der Waals surface area contributed by atoms with Crippen LogP contribution in [-0.2, 0) is 9.53 Å². The van der Waals surface area contributed by atoms with E-state index in [0.717, 1.165) is 12.8 Å². The molecule has 1 aliphatic rings. The second-order valence-corrected chi connectivity index (χ2v) is 5.90. The molecule has 1 fully saturated rings. The first-order valence-electron chi connectivity index (χ1n) is 8.13. The number of aromatic nitrogens is 1. The van der Waals surface area contributed by atoms with Crippen molar-refractivity contribution >= 4 is 22.5 Å². The molecule has 0 bridgehead atoms. The molecule has 6 heteroatoms. The number of carbonyl (C=O) groups excluding carboxylic acids is 1. The molecule has 1 amide bonds. The Labute approximate surface area is 143 Å². The molecule has 1 N–H and O–H groups in total. The standard InChI is InChI=1S/C19H16N2O4/c22-17(16-9-4-10-24-16)20-13-6-3-5-12(11-13)18-21-15-8-2-1-7-14(15)19(23)25-18/h1-3,5-8,11,16H,4,9-10H2,(H,20,22). The number of ether oxygens (including phenoxy) is 1. The van der Waals surface area contributed by atoms with Crippen LogP contribution >= 0.6 is 0 Å². The molecule has 1 unspecified atom stereocenters. The minimum Gasteiger partial charge on any atom is -0.403 e. The third-order valence-corrected chi connectivity index (χ3v) is 4.13. The fraction of sp³-hybridized carbons (Fsp3) is 0.211. The molecule has 126 valence electrons. The number of fused-ring (bicyclic) bond motifs is 1. The van der Waals surface area contributed by atoms with Crippen molar-refractivity contribution in [3.8, 4) is 11.5 Å². The largest absolute Gasteiger partial charge is 0.403 e. The smallest absolute Gasteiger partial charge is 0.347 e. The van der Waals surface area contributed by atoms with Crippen LogP contribution in [0.4, 0.5) is 5.69 Å². The van der Waals surface area contributed by atoms with Gasteiger partial charge in [0.05, 0.1) is 10.9 Å². The van der Waals surface area contributed by atoms with Crippen molar-refractivity contribution < 1.29 is 13.9 Å². The quantitative estimate of drug-likeness (QED) is 0.795. The second kappa shape index (κ2) is 6.49. The maximum absolute atomic E-state index is 12.2. The molecule has 0 radical (unpaired) electrons. The van der Waals surface area contributed by atoms with Crippen LogP contribution in [0.5, 0.6) is 0 Å². The van der Waals surface area contributed by atoms with Crippen molar-refractivity contribution in [2.75, 3.05) is 11.9 Å². The number of nitrogens with one attached hydrogen (secondary N) is 1. The summed E-state index contributed by atoms with van der Waals surface area (Å²) in [5.41, 5.74) is 1.36. The van der Waals surface area contributed by atoms with Crippen molar-refractivity contribution in [3.63, 3.8) is 0 Å². The maximum atomic E-state index is 12.2. The Morgan fingerprint density at radius 2 is 2.04 bits per heavy atom. The van der Waals surface area contributed by atoms with Crippen LogP contribution in [0.15, 0.2) is 57.7 Å². The van der Waals surface area contributed by atoms with E-state index in [4.69, 9.17) is 9.15 Å². The van der Waals surface area contributed by atoms with Gasteiger partial charge in [-0.25, -0.2) is 9.78 Å². The van der Waals surface area contributed by atoms with Gasteiger partial charge in [0.15, 0.2) is 0 Å². The number of nitrogens with zero attached hydrogens (tertiary/aromatic N) is 1. The monoisotopic (exact) mass is 336 g/mol. The summed E-state index contributed by atoms with van der Waals surface area (Å²) in [6, 6.07) is 14.1. The Kier molecular flexibility index (Phi) is 4.03. The summed E-state index contributed by atoms with van der Waals surface area (Å²) >= 11 is 0. The molecule has 4 rings (SSSR count). The molecular formula is C19H16N2O4. The minimum atomic E-state index is -0.436. The zero-order chi connectivity index (χ0) is 17.2. The summed E-state index contributed by atoms with van der Waals surface area (Å²) in [4.78, 5) is 28.7. The molecule has 0 saturated carbocycles. The summed E-state index contributed by atoms with van der Waals surface area (Å²) in [5, 5.41) is 3.27. The molecule has 2 aromatic carbocycles. The molecule has 2 heterocycles. The SMILES string of the molecule is O=C(Nc1cccc(-c2nc3ccccc3c(=O)o2)c1)C1CCCO1. The number of amides is 1. The fourth-order valence-corrected chi connectivity index (χ4v) is 2.88. The average molecular weight is 336 g/mol. The molecule has 3 aromatic rings. The van der Waals surface area contributed by atoms with Gasteiger partial charge in [-0.05, 0) is 43.2 Å². The zero-order valence-electron chi connectivity index (χ0n) is 13.4. The number of rotatable bonds is 3. The van der Waals surface area contributed by atoms with Crippen LogP contribution in [0.25, 0.3) is 22.4 Å². The van der Waals surface area contributed by atoms with E-state index in [0.29, 0.717) is 28.8 Å². The van der Waals surface area contributed by atoms with E-state index in [-0.39, 0.29) is 11.8 Å². The lowest BCUT2D eigenvalue weighted by Crippen LogP contribution is -2.26. The van der Waals surface area contributed by atoms with Gasteiger partial charge in [0.2, 0.25) is 5.89 Å². The number of hydrogen-bond acceptors (Lipinski definition) is 5. The van der Waals surface area contributed by atoms with Crippen molar-refractivity contribution in [1.82, 2.24) is 4.98 Å². The summed E-state index contributed by atoms with van der Waals surface area (Å²) in [6.07, 6.45) is 1.22. The lowest BCUT2D eigenvalue weighted by Gasteiger charge is -2.11. The highest BCUT2D eigenvalue weighted by Gasteiger charge is 2.23. The van der Waals surface area contributed by atoms with Crippen LogP contribution in [0, 0.1) is 0 Å². The Morgan fingerprint density at radius 3 is 2.88 bits per heavy atom. The van der Waals surface area contributed by atoms with Gasteiger partial charge >= 0.3 is 5.63 Å². The van der Waals surface area contributed by atoms with Gasteiger partial charge in [0.1, 0.15) is 6.10 Å². The zero-order valence-corrected chi connectivity index (χ0v) is 13.4. The lowest BCUT2D eigenvalue weighted by atomic mass is 10.1. The summed E-state index contributed by atoms with van der Waals surface area (Å²) < 4.78 is 10.7. The van der Waals surface area contributed by atoms with Crippen LogP contribution in [-0.4, -0.2) is 23.6 Å². The van der Waals surface area contributed by atoms with Gasteiger partial charge in [0.25, 0.3) is 5.91 Å². The lowest BCUT2D eigenvalue weighted by molar-refractivity contribution is -0.124. The predicted octanol–water partition coefficient (Wildman–Crippen LogP) is 2.97. The molecule has 1 aliphatic heterocycles. The number of carbonyl (C=O) groups is 1. The third kappa shape index (κ3) is 3.16. The molecule has 1 atom stereocenters. The molecule has 0 aliphatic carbocycles. The van der Waals surface area contributed by atoms with E-state index in [1.807, 2.05) is 6.07 Å². The van der Waals surface area contributed by atoms with E-state index in [1.54, 1.807) is 42.5 Å². The number of hydrogen-bond donors (Lipinski definition) is 1. The molecule has 1 aromatic heterocycles. The van der Waals surface area contributed by atoms with E-state index in [9.17, 15) is 9.59 Å². The maximum Gasteiger partial charge on any atom is 0.347 e. The van der Waals surface area contributed by atoms with Crippen molar-refractivity contribution in [3.05, 3.63) is 59.0 Å². The van der Waals surface area contributed by atoms with E-state index in [1.165, 1.54) is 0 Å². The van der Waals surface area contributed by atoms with Crippen LogP contribution < -0.4 is 10.9 Å². The Bertz CT molecular complexity index is 990. The van der Waals surface area contributed by atoms with Gasteiger partial charge in [-0.15, -0.1) is 0 Å².